The fraction of sp³-hybridized carbons (Fsp3) is 0.952. The van der Waals surface area contributed by atoms with E-state index in [2.05, 4.69) is 25.2 Å². The first-order chi connectivity index (χ1) is 14.1. The Bertz CT molecular complexity index is 607. The van der Waals surface area contributed by atoms with Crippen molar-refractivity contribution >= 4 is 16.0 Å². The summed E-state index contributed by atoms with van der Waals surface area (Å²) >= 11 is 0. The number of nitrogens with zero attached hydrogens (tertiary/aromatic N) is 2. The lowest BCUT2D eigenvalue weighted by atomic mass is 9.86. The molecule has 0 aromatic heterocycles. The maximum Gasteiger partial charge on any atom is 0.213 e. The summed E-state index contributed by atoms with van der Waals surface area (Å²) in [6.07, 6.45) is 12.7. The SMILES string of the molecule is CCNC(=NCCS(=O)(=O)NCC1CCC1)NC1CCN(C2CCCCC2)CC1. The topological polar surface area (TPSA) is 85.8 Å². The minimum absolute atomic E-state index is 0.0520. The molecule has 2 aliphatic carbocycles. The van der Waals surface area contributed by atoms with Crippen LogP contribution in [0.15, 0.2) is 4.99 Å². The van der Waals surface area contributed by atoms with Crippen molar-refractivity contribution in [3.8, 4) is 0 Å². The number of hydrogen-bond donors (Lipinski definition) is 3. The van der Waals surface area contributed by atoms with Gasteiger partial charge in [-0.3, -0.25) is 4.99 Å². The Labute approximate surface area is 177 Å². The van der Waals surface area contributed by atoms with Gasteiger partial charge in [0.2, 0.25) is 10.0 Å². The molecule has 2 saturated carbocycles. The van der Waals surface area contributed by atoms with Crippen LogP contribution in [0.2, 0.25) is 0 Å². The van der Waals surface area contributed by atoms with Gasteiger partial charge in [-0.25, -0.2) is 13.1 Å². The van der Waals surface area contributed by atoms with Crippen molar-refractivity contribution in [3.05, 3.63) is 0 Å². The zero-order chi connectivity index (χ0) is 20.5. The monoisotopic (exact) mass is 427 g/mol. The number of piperidine rings is 1. The standard InChI is InChI=1S/C21H41N5O2S/c1-2-22-21(23-13-16-29(27,28)24-17-18-7-6-8-18)25-19-11-14-26(15-12-19)20-9-4-3-5-10-20/h18-20,24H,2-17H2,1H3,(H2,22,23,25). The Morgan fingerprint density at radius 1 is 1.00 bits per heavy atom. The van der Waals surface area contributed by atoms with E-state index >= 15 is 0 Å². The van der Waals surface area contributed by atoms with E-state index in [0.29, 0.717) is 18.5 Å². The summed E-state index contributed by atoms with van der Waals surface area (Å²) in [5.41, 5.74) is 0. The summed E-state index contributed by atoms with van der Waals surface area (Å²) in [6, 6.07) is 1.21. The van der Waals surface area contributed by atoms with Crippen molar-refractivity contribution in [3.63, 3.8) is 0 Å². The van der Waals surface area contributed by atoms with Crippen molar-refractivity contribution in [2.45, 2.75) is 83.2 Å². The highest BCUT2D eigenvalue weighted by molar-refractivity contribution is 7.89. The van der Waals surface area contributed by atoms with Gasteiger partial charge in [-0.1, -0.05) is 25.7 Å². The highest BCUT2D eigenvalue weighted by Crippen LogP contribution is 2.26. The molecule has 8 heteroatoms. The van der Waals surface area contributed by atoms with Crippen LogP contribution in [-0.4, -0.2) is 69.8 Å². The first-order valence-electron chi connectivity index (χ1n) is 11.8. The van der Waals surface area contributed by atoms with Crippen molar-refractivity contribution in [2.24, 2.45) is 10.9 Å². The van der Waals surface area contributed by atoms with E-state index in [9.17, 15) is 8.42 Å². The molecule has 0 radical (unpaired) electrons. The number of aliphatic imine (C=N–C) groups is 1. The molecule has 1 aliphatic heterocycles. The Hall–Kier alpha value is -0.860. The van der Waals surface area contributed by atoms with Gasteiger partial charge in [0.25, 0.3) is 0 Å². The fourth-order valence-electron chi connectivity index (χ4n) is 4.66. The Kier molecular flexibility index (Phi) is 9.06. The van der Waals surface area contributed by atoms with Gasteiger partial charge in [0.15, 0.2) is 5.96 Å². The van der Waals surface area contributed by atoms with Crippen LogP contribution in [0.25, 0.3) is 0 Å². The van der Waals surface area contributed by atoms with Crippen molar-refractivity contribution in [2.75, 3.05) is 38.5 Å². The van der Waals surface area contributed by atoms with Gasteiger partial charge in [0.1, 0.15) is 0 Å². The van der Waals surface area contributed by atoms with E-state index in [1.807, 2.05) is 6.92 Å². The third-order valence-corrected chi connectivity index (χ3v) is 8.08. The van der Waals surface area contributed by atoms with E-state index < -0.39 is 10.0 Å². The second kappa shape index (κ2) is 11.5. The van der Waals surface area contributed by atoms with E-state index in [0.717, 1.165) is 57.3 Å². The van der Waals surface area contributed by atoms with Gasteiger partial charge in [-0.05, 0) is 51.4 Å². The highest BCUT2D eigenvalue weighted by Gasteiger charge is 2.26. The number of nitrogens with one attached hydrogen (secondary N) is 3. The molecular formula is C21H41N5O2S. The predicted molar refractivity (Wildman–Crippen MR) is 120 cm³/mol. The summed E-state index contributed by atoms with van der Waals surface area (Å²) < 4.78 is 27.1. The second-order valence-electron chi connectivity index (χ2n) is 8.97. The molecule has 3 N–H and O–H groups in total. The molecule has 168 valence electrons. The molecule has 0 spiro atoms. The van der Waals surface area contributed by atoms with Gasteiger partial charge >= 0.3 is 0 Å². The zero-order valence-electron chi connectivity index (χ0n) is 18.2. The first-order valence-corrected chi connectivity index (χ1v) is 13.5. The van der Waals surface area contributed by atoms with E-state index in [-0.39, 0.29) is 12.3 Å². The van der Waals surface area contributed by atoms with Crippen molar-refractivity contribution in [1.29, 1.82) is 0 Å². The van der Waals surface area contributed by atoms with Crippen LogP contribution in [0.3, 0.4) is 0 Å². The average molecular weight is 428 g/mol. The largest absolute Gasteiger partial charge is 0.357 e. The quantitative estimate of drug-likeness (QED) is 0.387. The molecule has 0 bridgehead atoms. The predicted octanol–water partition coefficient (Wildman–Crippen LogP) is 2.06. The zero-order valence-corrected chi connectivity index (χ0v) is 19.0. The van der Waals surface area contributed by atoms with Gasteiger partial charge in [-0.15, -0.1) is 0 Å². The number of hydrogen-bond acceptors (Lipinski definition) is 4. The molecule has 0 aromatic rings. The Balaban J connectivity index is 1.39. The van der Waals surface area contributed by atoms with Crippen LogP contribution in [0, 0.1) is 5.92 Å². The molecule has 29 heavy (non-hydrogen) atoms. The van der Waals surface area contributed by atoms with Crippen molar-refractivity contribution in [1.82, 2.24) is 20.3 Å². The van der Waals surface area contributed by atoms with Gasteiger partial charge in [-0.2, -0.15) is 0 Å². The molecule has 0 amide bonds. The average Bonchev–Trinajstić information content (AvgIpc) is 2.68. The van der Waals surface area contributed by atoms with E-state index in [4.69, 9.17) is 0 Å². The molecule has 0 unspecified atom stereocenters. The second-order valence-corrected chi connectivity index (χ2v) is 10.9. The van der Waals surface area contributed by atoms with E-state index in [1.54, 1.807) is 0 Å². The molecule has 3 fully saturated rings. The molecule has 1 heterocycles. The van der Waals surface area contributed by atoms with Crippen LogP contribution < -0.4 is 15.4 Å². The Morgan fingerprint density at radius 3 is 2.34 bits per heavy atom. The third-order valence-electron chi connectivity index (χ3n) is 6.75. The summed E-state index contributed by atoms with van der Waals surface area (Å²) in [6.45, 7) is 6.00. The number of sulfonamides is 1. The third kappa shape index (κ3) is 7.72. The normalized spacial score (nSPS) is 23.7. The van der Waals surface area contributed by atoms with Crippen LogP contribution in [0.4, 0.5) is 0 Å². The summed E-state index contributed by atoms with van der Waals surface area (Å²) in [7, 11) is -3.24. The maximum absolute atomic E-state index is 12.2. The lowest BCUT2D eigenvalue weighted by molar-refractivity contribution is 0.119. The van der Waals surface area contributed by atoms with Crippen LogP contribution in [-0.2, 0) is 10.0 Å². The van der Waals surface area contributed by atoms with Gasteiger partial charge < -0.3 is 15.5 Å². The summed E-state index contributed by atoms with van der Waals surface area (Å²) in [4.78, 5) is 7.21. The minimum atomic E-state index is -3.24. The molecule has 1 saturated heterocycles. The van der Waals surface area contributed by atoms with Crippen LogP contribution in [0.5, 0.6) is 0 Å². The number of likely N-dealkylation sites (tertiary alicyclic amines) is 1. The lowest BCUT2D eigenvalue weighted by Gasteiger charge is -2.39. The van der Waals surface area contributed by atoms with Gasteiger partial charge in [0.05, 0.1) is 12.3 Å². The molecule has 3 rings (SSSR count). The minimum Gasteiger partial charge on any atom is -0.357 e. The maximum atomic E-state index is 12.2. The first kappa shape index (κ1) is 22.8. The van der Waals surface area contributed by atoms with Gasteiger partial charge in [0, 0.05) is 38.3 Å². The summed E-state index contributed by atoms with van der Waals surface area (Å²) in [5.74, 6) is 1.33. The van der Waals surface area contributed by atoms with Crippen molar-refractivity contribution < 1.29 is 8.42 Å². The van der Waals surface area contributed by atoms with Crippen LogP contribution >= 0.6 is 0 Å². The molecule has 3 aliphatic rings. The molecule has 7 nitrogen and oxygen atoms in total. The van der Waals surface area contributed by atoms with E-state index in [1.165, 1.54) is 38.5 Å². The number of rotatable bonds is 9. The smallest absolute Gasteiger partial charge is 0.213 e. The van der Waals surface area contributed by atoms with Crippen LogP contribution in [0.1, 0.15) is 71.1 Å². The molecule has 0 atom stereocenters. The molecule has 0 aromatic carbocycles. The fourth-order valence-corrected chi connectivity index (χ4v) is 5.63. The highest BCUT2D eigenvalue weighted by atomic mass is 32.2. The summed E-state index contributed by atoms with van der Waals surface area (Å²) in [5, 5.41) is 6.80. The lowest BCUT2D eigenvalue weighted by Crippen LogP contribution is -2.51. The number of guanidine groups is 1. The Morgan fingerprint density at radius 2 is 1.72 bits per heavy atom. The molecular weight excluding hydrogens is 386 g/mol.